The van der Waals surface area contributed by atoms with Crippen LogP contribution in [0, 0.1) is 0 Å². The molecule has 1 saturated heterocycles. The lowest BCUT2D eigenvalue weighted by Gasteiger charge is -2.43. The number of carboxylic acid groups (broad SMARTS) is 1. The van der Waals surface area contributed by atoms with Gasteiger partial charge in [-0.15, -0.1) is 0 Å². The summed E-state index contributed by atoms with van der Waals surface area (Å²) in [7, 11) is 1.93. The number of carbonyl (C=O) groups is 2. The van der Waals surface area contributed by atoms with E-state index in [4.69, 9.17) is 14.6 Å². The monoisotopic (exact) mass is 426 g/mol. The van der Waals surface area contributed by atoms with E-state index >= 15 is 0 Å². The first-order chi connectivity index (χ1) is 14.9. The minimum atomic E-state index is -0.971. The Bertz CT molecular complexity index is 863. The van der Waals surface area contributed by atoms with Crippen molar-refractivity contribution in [2.45, 2.75) is 31.3 Å². The Balaban J connectivity index is 1.65. The third-order valence-electron chi connectivity index (χ3n) is 5.82. The normalized spacial score (nSPS) is 19.6. The summed E-state index contributed by atoms with van der Waals surface area (Å²) in [6, 6.07) is 15.9. The van der Waals surface area contributed by atoms with Crippen LogP contribution in [0.2, 0.25) is 0 Å². The molecule has 1 aliphatic rings. The second kappa shape index (κ2) is 10.4. The topological polar surface area (TPSA) is 88.1 Å². The van der Waals surface area contributed by atoms with Crippen molar-refractivity contribution in [1.82, 2.24) is 10.2 Å². The largest absolute Gasteiger partial charge is 0.492 e. The third kappa shape index (κ3) is 5.62. The van der Waals surface area contributed by atoms with Crippen LogP contribution in [0.25, 0.3) is 0 Å². The average Bonchev–Trinajstić information content (AvgIpc) is 2.80. The number of nitrogens with one attached hydrogen (secondary N) is 1. The van der Waals surface area contributed by atoms with Crippen molar-refractivity contribution in [3.05, 3.63) is 65.7 Å². The van der Waals surface area contributed by atoms with Crippen LogP contribution in [0.15, 0.2) is 54.6 Å². The Morgan fingerprint density at radius 2 is 1.90 bits per heavy atom. The highest BCUT2D eigenvalue weighted by atomic mass is 16.5. The predicted molar refractivity (Wildman–Crippen MR) is 117 cm³/mol. The number of likely N-dealkylation sites (N-methyl/N-ethyl adjacent to an activating group) is 1. The number of hydrogen-bond donors (Lipinski definition) is 2. The van der Waals surface area contributed by atoms with E-state index in [1.165, 1.54) is 0 Å². The number of carbonyl (C=O) groups excluding carboxylic acids is 1. The number of carboxylic acids is 1. The standard InChI is InChI=1S/C24H30N2O5/c1-18(19-9-11-20(12-10-19)22(27)28)25-23(29)24(13-6-15-30-17-24)26(2)14-16-31-21-7-4-3-5-8-21/h3-5,7-12,18H,6,13-17H2,1-2H3,(H,25,29)(H,27,28). The summed E-state index contributed by atoms with van der Waals surface area (Å²) in [5.41, 5.74) is 0.297. The van der Waals surface area contributed by atoms with Crippen molar-refractivity contribution in [1.29, 1.82) is 0 Å². The van der Waals surface area contributed by atoms with Crippen molar-refractivity contribution >= 4 is 11.9 Å². The molecule has 0 aliphatic carbocycles. The van der Waals surface area contributed by atoms with Gasteiger partial charge in [-0.3, -0.25) is 9.69 Å². The Morgan fingerprint density at radius 3 is 2.52 bits per heavy atom. The van der Waals surface area contributed by atoms with Crippen molar-refractivity contribution in [2.75, 3.05) is 33.4 Å². The van der Waals surface area contributed by atoms with Gasteiger partial charge in [-0.1, -0.05) is 30.3 Å². The highest BCUT2D eigenvalue weighted by molar-refractivity contribution is 5.88. The van der Waals surface area contributed by atoms with Gasteiger partial charge in [-0.25, -0.2) is 4.79 Å². The van der Waals surface area contributed by atoms with Gasteiger partial charge in [-0.05, 0) is 56.6 Å². The molecule has 166 valence electrons. The SMILES string of the molecule is CC(NC(=O)C1(N(C)CCOc2ccccc2)CCCOC1)c1ccc(C(=O)O)cc1. The molecule has 3 rings (SSSR count). The fourth-order valence-electron chi connectivity index (χ4n) is 3.79. The molecular formula is C24H30N2O5. The Labute approximate surface area is 183 Å². The summed E-state index contributed by atoms with van der Waals surface area (Å²) in [4.78, 5) is 26.5. The van der Waals surface area contributed by atoms with Crippen molar-refractivity contribution in [2.24, 2.45) is 0 Å². The third-order valence-corrected chi connectivity index (χ3v) is 5.82. The van der Waals surface area contributed by atoms with Crippen LogP contribution in [-0.4, -0.2) is 60.8 Å². The van der Waals surface area contributed by atoms with E-state index in [1.807, 2.05) is 49.2 Å². The molecule has 2 aromatic carbocycles. The zero-order valence-electron chi connectivity index (χ0n) is 18.0. The van der Waals surface area contributed by atoms with Crippen LogP contribution in [0.3, 0.4) is 0 Å². The first-order valence-electron chi connectivity index (χ1n) is 10.5. The van der Waals surface area contributed by atoms with Gasteiger partial charge in [0.1, 0.15) is 17.9 Å². The van der Waals surface area contributed by atoms with Gasteiger partial charge < -0.3 is 19.9 Å². The average molecular weight is 427 g/mol. The number of hydrogen-bond acceptors (Lipinski definition) is 5. The summed E-state index contributed by atoms with van der Waals surface area (Å²) in [5.74, 6) is -0.266. The van der Waals surface area contributed by atoms with Gasteiger partial charge >= 0.3 is 5.97 Å². The maximum absolute atomic E-state index is 13.4. The molecule has 2 atom stereocenters. The molecule has 0 spiro atoms. The van der Waals surface area contributed by atoms with Gasteiger partial charge in [0, 0.05) is 13.2 Å². The van der Waals surface area contributed by atoms with E-state index in [-0.39, 0.29) is 17.5 Å². The maximum atomic E-state index is 13.4. The zero-order valence-corrected chi connectivity index (χ0v) is 18.0. The molecular weight excluding hydrogens is 396 g/mol. The van der Waals surface area contributed by atoms with Crippen molar-refractivity contribution < 1.29 is 24.2 Å². The molecule has 7 nitrogen and oxygen atoms in total. The minimum Gasteiger partial charge on any atom is -0.492 e. The number of amides is 1. The number of aromatic carboxylic acids is 1. The predicted octanol–water partition coefficient (Wildman–Crippen LogP) is 3.12. The molecule has 2 aromatic rings. The summed E-state index contributed by atoms with van der Waals surface area (Å²) in [6.07, 6.45) is 1.50. The lowest BCUT2D eigenvalue weighted by Crippen LogP contribution is -2.62. The Kier molecular flexibility index (Phi) is 7.65. The number of rotatable bonds is 9. The molecule has 2 N–H and O–H groups in total. The first kappa shape index (κ1) is 22.8. The number of ether oxygens (including phenoxy) is 2. The number of nitrogens with zero attached hydrogens (tertiary/aromatic N) is 1. The summed E-state index contributed by atoms with van der Waals surface area (Å²) in [6.45, 7) is 3.90. The molecule has 0 saturated carbocycles. The molecule has 1 amide bonds. The highest BCUT2D eigenvalue weighted by Gasteiger charge is 2.44. The van der Waals surface area contributed by atoms with Gasteiger partial charge in [0.25, 0.3) is 0 Å². The summed E-state index contributed by atoms with van der Waals surface area (Å²) in [5, 5.41) is 12.2. The van der Waals surface area contributed by atoms with Crippen molar-refractivity contribution in [3.63, 3.8) is 0 Å². The second-order valence-electron chi connectivity index (χ2n) is 7.89. The molecule has 1 fully saturated rings. The van der Waals surface area contributed by atoms with E-state index in [1.54, 1.807) is 24.3 Å². The number of benzene rings is 2. The summed E-state index contributed by atoms with van der Waals surface area (Å²) >= 11 is 0. The maximum Gasteiger partial charge on any atom is 0.335 e. The molecule has 31 heavy (non-hydrogen) atoms. The molecule has 1 aliphatic heterocycles. The smallest absolute Gasteiger partial charge is 0.335 e. The molecule has 0 bridgehead atoms. The van der Waals surface area contributed by atoms with Gasteiger partial charge in [0.2, 0.25) is 5.91 Å². The van der Waals surface area contributed by atoms with E-state index in [0.717, 1.165) is 17.7 Å². The minimum absolute atomic E-state index is 0.0933. The van der Waals surface area contributed by atoms with Gasteiger partial charge in [0.15, 0.2) is 0 Å². The lowest BCUT2D eigenvalue weighted by atomic mass is 9.89. The van der Waals surface area contributed by atoms with E-state index < -0.39 is 11.5 Å². The van der Waals surface area contributed by atoms with Crippen LogP contribution in [0.5, 0.6) is 5.75 Å². The first-order valence-corrected chi connectivity index (χ1v) is 10.5. The molecule has 1 heterocycles. The van der Waals surface area contributed by atoms with Crippen LogP contribution in [0.4, 0.5) is 0 Å². The quantitative estimate of drug-likeness (QED) is 0.641. The molecule has 2 unspecified atom stereocenters. The fraction of sp³-hybridized carbons (Fsp3) is 0.417. The van der Waals surface area contributed by atoms with E-state index in [9.17, 15) is 9.59 Å². The van der Waals surface area contributed by atoms with Crippen LogP contribution in [-0.2, 0) is 9.53 Å². The van der Waals surface area contributed by atoms with Gasteiger partial charge in [-0.2, -0.15) is 0 Å². The van der Waals surface area contributed by atoms with E-state index in [2.05, 4.69) is 5.32 Å². The highest BCUT2D eigenvalue weighted by Crippen LogP contribution is 2.27. The second-order valence-corrected chi connectivity index (χ2v) is 7.89. The fourth-order valence-corrected chi connectivity index (χ4v) is 3.79. The Morgan fingerprint density at radius 1 is 1.19 bits per heavy atom. The van der Waals surface area contributed by atoms with Crippen molar-refractivity contribution in [3.8, 4) is 5.75 Å². The zero-order chi connectivity index (χ0) is 22.3. The Hall–Kier alpha value is -2.90. The van der Waals surface area contributed by atoms with E-state index in [0.29, 0.717) is 32.8 Å². The van der Waals surface area contributed by atoms with Crippen LogP contribution in [0.1, 0.15) is 41.7 Å². The van der Waals surface area contributed by atoms with Gasteiger partial charge in [0.05, 0.1) is 18.2 Å². The molecule has 0 radical (unpaired) electrons. The van der Waals surface area contributed by atoms with Crippen LogP contribution >= 0.6 is 0 Å². The summed E-state index contributed by atoms with van der Waals surface area (Å²) < 4.78 is 11.5. The van der Waals surface area contributed by atoms with Crippen LogP contribution < -0.4 is 10.1 Å². The lowest BCUT2D eigenvalue weighted by molar-refractivity contribution is -0.143. The molecule has 7 heteroatoms. The molecule has 0 aromatic heterocycles. The number of para-hydroxylation sites is 1.